The molecule has 3 saturated heterocycles. The highest BCUT2D eigenvalue weighted by Crippen LogP contribution is 2.42. The number of aromatic amines is 1. The Kier molecular flexibility index (Phi) is 8.41. The molecule has 4 aromatic rings. The number of H-pyrrole nitrogens is 1. The Morgan fingerprint density at radius 1 is 1.24 bits per heavy atom. The van der Waals surface area contributed by atoms with E-state index in [0.29, 0.717) is 65.9 Å². The van der Waals surface area contributed by atoms with Gasteiger partial charge in [0.15, 0.2) is 12.0 Å². The maximum Gasteiger partial charge on any atom is 0.303 e. The van der Waals surface area contributed by atoms with Crippen molar-refractivity contribution in [3.8, 4) is 17.3 Å². The number of hydrogen-bond acceptors (Lipinski definition) is 8. The van der Waals surface area contributed by atoms with Crippen LogP contribution >= 0.6 is 11.6 Å². The summed E-state index contributed by atoms with van der Waals surface area (Å²) in [5.74, 6) is -1.72. The van der Waals surface area contributed by atoms with Gasteiger partial charge in [-0.25, -0.2) is 13.5 Å². The van der Waals surface area contributed by atoms with Gasteiger partial charge in [0.25, 0.3) is 11.6 Å². The molecule has 0 spiro atoms. The second-order valence-corrected chi connectivity index (χ2v) is 13.0. The van der Waals surface area contributed by atoms with Crippen molar-refractivity contribution in [3.05, 3.63) is 45.2 Å². The molecular weight excluding hydrogens is 622 g/mol. The number of nitrogens with zero attached hydrogens (tertiary/aromatic N) is 5. The van der Waals surface area contributed by atoms with E-state index in [0.717, 1.165) is 38.6 Å². The molecule has 1 aromatic carbocycles. The molecule has 244 valence electrons. The summed E-state index contributed by atoms with van der Waals surface area (Å²) in [6, 6.07) is 1.63. The van der Waals surface area contributed by atoms with Crippen LogP contribution in [0.4, 0.5) is 8.78 Å². The zero-order valence-electron chi connectivity index (χ0n) is 25.2. The molecule has 0 saturated carbocycles. The highest BCUT2D eigenvalue weighted by Gasteiger charge is 2.49. The predicted molar refractivity (Wildman–Crippen MR) is 166 cm³/mol. The van der Waals surface area contributed by atoms with E-state index in [1.54, 1.807) is 16.9 Å². The predicted octanol–water partition coefficient (Wildman–Crippen LogP) is 5.58. The molecule has 2 N–H and O–H groups in total. The van der Waals surface area contributed by atoms with Gasteiger partial charge in [0, 0.05) is 48.2 Å². The van der Waals surface area contributed by atoms with E-state index >= 15 is 4.39 Å². The molecule has 1 unspecified atom stereocenters. The van der Waals surface area contributed by atoms with Crippen LogP contribution in [-0.2, 0) is 16.0 Å². The number of ether oxygens (including phenoxy) is 2. The highest BCUT2D eigenvalue weighted by atomic mass is 35.5. The lowest BCUT2D eigenvalue weighted by molar-refractivity contribution is -0.137. The molecule has 0 amide bonds. The van der Waals surface area contributed by atoms with Crippen molar-refractivity contribution in [2.24, 2.45) is 0 Å². The summed E-state index contributed by atoms with van der Waals surface area (Å²) in [6.45, 7) is 1.86. The summed E-state index contributed by atoms with van der Waals surface area (Å²) < 4.78 is 44.6. The first-order chi connectivity index (χ1) is 22.2. The number of aromatic nitrogens is 5. The van der Waals surface area contributed by atoms with Crippen molar-refractivity contribution in [1.82, 2.24) is 29.6 Å². The van der Waals surface area contributed by atoms with Crippen LogP contribution in [0.1, 0.15) is 69.6 Å². The van der Waals surface area contributed by atoms with Crippen molar-refractivity contribution in [1.29, 1.82) is 0 Å². The Hall–Kier alpha value is -3.68. The van der Waals surface area contributed by atoms with Gasteiger partial charge in [0.2, 0.25) is 0 Å². The molecule has 3 aliphatic heterocycles. The third kappa shape index (κ3) is 5.62. The number of nitrogens with one attached hydrogen (secondary N) is 1. The maximum absolute atomic E-state index is 16.7. The fraction of sp³-hybridized carbons (Fsp3) is 0.531. The van der Waals surface area contributed by atoms with E-state index in [9.17, 15) is 14.0 Å². The molecule has 0 bridgehead atoms. The summed E-state index contributed by atoms with van der Waals surface area (Å²) in [5, 5.41) is 14.6. The lowest BCUT2D eigenvalue weighted by atomic mass is 9.94. The Morgan fingerprint density at radius 3 is 2.91 bits per heavy atom. The monoisotopic (exact) mass is 656 g/mol. The number of alkyl halides is 1. The first kappa shape index (κ1) is 30.9. The number of carboxylic acids is 1. The molecule has 11 nitrogen and oxygen atoms in total. The van der Waals surface area contributed by atoms with Gasteiger partial charge in [-0.1, -0.05) is 11.6 Å². The summed E-state index contributed by atoms with van der Waals surface area (Å²) >= 11 is 6.88. The zero-order chi connectivity index (χ0) is 32.0. The summed E-state index contributed by atoms with van der Waals surface area (Å²) in [4.78, 5) is 37.6. The van der Waals surface area contributed by atoms with Crippen molar-refractivity contribution >= 4 is 39.4 Å². The standard InChI is InChI=1S/C32H35ClF2N6O5/c33-22-12-23-20(15-37-41(23)24-7-3-4-11-45-24)26(19(22)6-1-2-8-25(42)43)29-27(35)28-21(14-36-29)30(44)39-31(38-28)46-17-32-9-5-10-40(32)16-18(34)13-32/h12,14-15,18,24H,1-11,13,16-17H2,(H,42,43)(H,38,39,44)/t18-,24?,32+/m1/s1. The van der Waals surface area contributed by atoms with E-state index in [2.05, 4.69) is 25.0 Å². The molecule has 0 radical (unpaired) electrons. The molecule has 7 rings (SSSR count). The molecule has 6 heterocycles. The molecule has 3 atom stereocenters. The number of hydrogen-bond donors (Lipinski definition) is 2. The van der Waals surface area contributed by atoms with Gasteiger partial charge in [-0.15, -0.1) is 0 Å². The van der Waals surface area contributed by atoms with Gasteiger partial charge in [-0.05, 0) is 69.5 Å². The molecule has 3 aliphatic rings. The van der Waals surface area contributed by atoms with Crippen LogP contribution in [-0.4, -0.2) is 78.7 Å². The van der Waals surface area contributed by atoms with Crippen LogP contribution < -0.4 is 10.3 Å². The Bertz CT molecular complexity index is 1860. The SMILES string of the molecule is O=C(O)CCCCc1c(Cl)cc2c(cnn2C2CCCCO2)c1-c1ncc2c(=O)[nH]c(OC[C@@]34CCCN3C[C@H](F)C4)nc2c1F. The molecule has 14 heteroatoms. The van der Waals surface area contributed by atoms with Crippen molar-refractivity contribution in [2.45, 2.75) is 82.1 Å². The van der Waals surface area contributed by atoms with Gasteiger partial charge in [-0.2, -0.15) is 10.1 Å². The average Bonchev–Trinajstić information content (AvgIpc) is 3.71. The quantitative estimate of drug-likeness (QED) is 0.210. The molecule has 0 aliphatic carbocycles. The van der Waals surface area contributed by atoms with Crippen LogP contribution in [0.3, 0.4) is 0 Å². The second kappa shape index (κ2) is 12.5. The van der Waals surface area contributed by atoms with Gasteiger partial charge in [0.05, 0.1) is 22.6 Å². The Labute approximate surface area is 267 Å². The van der Waals surface area contributed by atoms with Gasteiger partial charge in [0.1, 0.15) is 24.0 Å². The summed E-state index contributed by atoms with van der Waals surface area (Å²) in [7, 11) is 0. The smallest absolute Gasteiger partial charge is 0.303 e. The molecule has 3 aromatic heterocycles. The third-order valence-corrected chi connectivity index (χ3v) is 9.94. The third-order valence-electron chi connectivity index (χ3n) is 9.60. The van der Waals surface area contributed by atoms with E-state index in [1.807, 2.05) is 0 Å². The minimum absolute atomic E-state index is 0.00472. The van der Waals surface area contributed by atoms with Crippen LogP contribution in [0, 0.1) is 5.82 Å². The molecular formula is C32H35ClF2N6O5. The van der Waals surface area contributed by atoms with Crippen LogP contribution in [0.5, 0.6) is 6.01 Å². The van der Waals surface area contributed by atoms with Crippen LogP contribution in [0.15, 0.2) is 23.3 Å². The number of pyridine rings is 1. The number of rotatable bonds is 10. The maximum atomic E-state index is 16.7. The fourth-order valence-electron chi connectivity index (χ4n) is 7.38. The van der Waals surface area contributed by atoms with Gasteiger partial charge in [-0.3, -0.25) is 24.5 Å². The average molecular weight is 657 g/mol. The Morgan fingerprint density at radius 2 is 2.11 bits per heavy atom. The van der Waals surface area contributed by atoms with E-state index < -0.39 is 29.1 Å². The first-order valence-electron chi connectivity index (χ1n) is 15.9. The highest BCUT2D eigenvalue weighted by molar-refractivity contribution is 6.33. The fourth-order valence-corrected chi connectivity index (χ4v) is 7.67. The van der Waals surface area contributed by atoms with E-state index in [-0.39, 0.29) is 41.9 Å². The lowest BCUT2D eigenvalue weighted by Gasteiger charge is -2.30. The number of unbranched alkanes of at least 4 members (excludes halogenated alkanes) is 1. The number of halogens is 3. The van der Waals surface area contributed by atoms with E-state index in [1.165, 1.54) is 6.20 Å². The van der Waals surface area contributed by atoms with E-state index in [4.69, 9.17) is 26.2 Å². The minimum Gasteiger partial charge on any atom is -0.481 e. The lowest BCUT2D eigenvalue weighted by Crippen LogP contribution is -2.43. The second-order valence-electron chi connectivity index (χ2n) is 12.6. The van der Waals surface area contributed by atoms with Gasteiger partial charge < -0.3 is 14.6 Å². The van der Waals surface area contributed by atoms with Crippen molar-refractivity contribution in [2.75, 3.05) is 26.3 Å². The zero-order valence-corrected chi connectivity index (χ0v) is 26.0. The topological polar surface area (TPSA) is 135 Å². The van der Waals surface area contributed by atoms with Crippen LogP contribution in [0.2, 0.25) is 5.02 Å². The number of fused-ring (bicyclic) bond motifs is 3. The van der Waals surface area contributed by atoms with Crippen molar-refractivity contribution in [3.63, 3.8) is 0 Å². The first-order valence-corrected chi connectivity index (χ1v) is 16.2. The number of benzene rings is 1. The minimum atomic E-state index is -0.944. The Balaban J connectivity index is 1.30. The molecule has 3 fully saturated rings. The normalized spacial score (nSPS) is 23.4. The van der Waals surface area contributed by atoms with Crippen molar-refractivity contribution < 1.29 is 28.2 Å². The number of aliphatic carboxylic acids is 1. The summed E-state index contributed by atoms with van der Waals surface area (Å²) in [6.07, 6.45) is 7.69. The number of carboxylic acid groups (broad SMARTS) is 1. The summed E-state index contributed by atoms with van der Waals surface area (Å²) in [5.41, 5.74) is 0.293. The molecule has 46 heavy (non-hydrogen) atoms. The van der Waals surface area contributed by atoms with Gasteiger partial charge >= 0.3 is 5.97 Å². The number of carbonyl (C=O) groups is 1. The van der Waals surface area contributed by atoms with Crippen LogP contribution in [0.25, 0.3) is 33.1 Å². The largest absolute Gasteiger partial charge is 0.481 e.